The number of nitrogens with zero attached hydrogens (tertiary/aromatic N) is 3. The first-order chi connectivity index (χ1) is 5.20. The Morgan fingerprint density at radius 3 is 2.82 bits per heavy atom. The van der Waals surface area contributed by atoms with E-state index in [1.807, 2.05) is 19.0 Å². The second-order valence-electron chi connectivity index (χ2n) is 2.75. The molecule has 0 aliphatic rings. The number of aliphatic hydroxyl groups is 1. The van der Waals surface area contributed by atoms with Crippen LogP contribution >= 0.6 is 0 Å². The summed E-state index contributed by atoms with van der Waals surface area (Å²) in [5.74, 6) is 0. The fraction of sp³-hybridized carbons (Fsp3) is 0.571. The molecule has 1 unspecified atom stereocenters. The average molecular weight is 155 g/mol. The Morgan fingerprint density at radius 2 is 2.36 bits per heavy atom. The zero-order valence-corrected chi connectivity index (χ0v) is 6.81. The van der Waals surface area contributed by atoms with E-state index in [4.69, 9.17) is 0 Å². The topological polar surface area (TPSA) is 41.3 Å². The van der Waals surface area contributed by atoms with Crippen molar-refractivity contribution >= 4 is 0 Å². The van der Waals surface area contributed by atoms with Gasteiger partial charge in [-0.3, -0.25) is 0 Å². The van der Waals surface area contributed by atoms with Gasteiger partial charge in [0.15, 0.2) is 0 Å². The van der Waals surface area contributed by atoms with Crippen LogP contribution in [0.4, 0.5) is 0 Å². The average Bonchev–Trinajstić information content (AvgIpc) is 2.35. The summed E-state index contributed by atoms with van der Waals surface area (Å²) in [6.07, 6.45) is 4.51. The van der Waals surface area contributed by atoms with E-state index in [1.54, 1.807) is 23.3 Å². The summed E-state index contributed by atoms with van der Waals surface area (Å²) in [6, 6.07) is 0. The summed E-state index contributed by atoms with van der Waals surface area (Å²) in [5, 5.41) is 9.46. The van der Waals surface area contributed by atoms with E-state index in [1.165, 1.54) is 0 Å². The predicted molar refractivity (Wildman–Crippen MR) is 42.0 cm³/mol. The molecule has 4 heteroatoms. The lowest BCUT2D eigenvalue weighted by molar-refractivity contribution is 0.0737. The van der Waals surface area contributed by atoms with Crippen molar-refractivity contribution in [3.05, 3.63) is 18.7 Å². The summed E-state index contributed by atoms with van der Waals surface area (Å²) in [4.78, 5) is 5.76. The Morgan fingerprint density at radius 1 is 1.64 bits per heavy atom. The summed E-state index contributed by atoms with van der Waals surface area (Å²) in [5.41, 5.74) is 0. The SMILES string of the molecule is CN(C)CC(O)n1ccnc1. The van der Waals surface area contributed by atoms with Crippen molar-refractivity contribution in [2.45, 2.75) is 6.23 Å². The van der Waals surface area contributed by atoms with Gasteiger partial charge < -0.3 is 14.6 Å². The molecule has 11 heavy (non-hydrogen) atoms. The van der Waals surface area contributed by atoms with Gasteiger partial charge in [0.2, 0.25) is 0 Å². The molecule has 1 rings (SSSR count). The molecule has 0 spiro atoms. The van der Waals surface area contributed by atoms with Gasteiger partial charge in [-0.25, -0.2) is 4.98 Å². The molecule has 4 nitrogen and oxygen atoms in total. The third-order valence-electron chi connectivity index (χ3n) is 1.40. The molecule has 0 saturated heterocycles. The number of hydrogen-bond donors (Lipinski definition) is 1. The van der Waals surface area contributed by atoms with Crippen LogP contribution in [-0.2, 0) is 0 Å². The minimum absolute atomic E-state index is 0.493. The molecule has 1 N–H and O–H groups in total. The maximum Gasteiger partial charge on any atom is 0.144 e. The Balaban J connectivity index is 2.49. The van der Waals surface area contributed by atoms with Gasteiger partial charge in [0.25, 0.3) is 0 Å². The largest absolute Gasteiger partial charge is 0.372 e. The number of likely N-dealkylation sites (N-methyl/N-ethyl adjacent to an activating group) is 1. The van der Waals surface area contributed by atoms with Gasteiger partial charge in [0, 0.05) is 18.9 Å². The van der Waals surface area contributed by atoms with Crippen LogP contribution in [0.1, 0.15) is 6.23 Å². The second-order valence-corrected chi connectivity index (χ2v) is 2.75. The van der Waals surface area contributed by atoms with Gasteiger partial charge in [-0.1, -0.05) is 0 Å². The first kappa shape index (κ1) is 8.23. The minimum Gasteiger partial charge on any atom is -0.372 e. The van der Waals surface area contributed by atoms with E-state index in [0.717, 1.165) is 0 Å². The van der Waals surface area contributed by atoms with Crippen LogP contribution in [0.25, 0.3) is 0 Å². The highest BCUT2D eigenvalue weighted by Crippen LogP contribution is 2.00. The molecule has 0 amide bonds. The Labute approximate surface area is 66.1 Å². The Hall–Kier alpha value is -0.870. The second kappa shape index (κ2) is 3.50. The third kappa shape index (κ3) is 2.32. The number of hydrogen-bond acceptors (Lipinski definition) is 3. The maximum atomic E-state index is 9.46. The summed E-state index contributed by atoms with van der Waals surface area (Å²) in [7, 11) is 3.83. The summed E-state index contributed by atoms with van der Waals surface area (Å²) >= 11 is 0. The molecule has 0 fully saturated rings. The van der Waals surface area contributed by atoms with Crippen LogP contribution in [0, 0.1) is 0 Å². The van der Waals surface area contributed by atoms with E-state index in [-0.39, 0.29) is 0 Å². The quantitative estimate of drug-likeness (QED) is 0.664. The van der Waals surface area contributed by atoms with Crippen molar-refractivity contribution in [2.75, 3.05) is 20.6 Å². The molecule has 1 heterocycles. The van der Waals surface area contributed by atoms with Gasteiger partial charge in [-0.05, 0) is 14.1 Å². The standard InChI is InChI=1S/C7H13N3O/c1-9(2)5-7(11)10-4-3-8-6-10/h3-4,6-7,11H,5H2,1-2H3. The van der Waals surface area contributed by atoms with Gasteiger partial charge >= 0.3 is 0 Å². The fourth-order valence-electron chi connectivity index (χ4n) is 0.867. The molecule has 0 saturated carbocycles. The Kier molecular flexibility index (Phi) is 2.62. The predicted octanol–water partition coefficient (Wildman–Crippen LogP) is -0.0644. The van der Waals surface area contributed by atoms with Gasteiger partial charge in [0.05, 0.1) is 6.33 Å². The molecule has 0 bridgehead atoms. The van der Waals surface area contributed by atoms with Crippen LogP contribution in [0.5, 0.6) is 0 Å². The van der Waals surface area contributed by atoms with Crippen LogP contribution < -0.4 is 0 Å². The molecule has 0 aliphatic carbocycles. The smallest absolute Gasteiger partial charge is 0.144 e. The first-order valence-electron chi connectivity index (χ1n) is 3.50. The number of aromatic nitrogens is 2. The number of imidazole rings is 1. The van der Waals surface area contributed by atoms with Crippen molar-refractivity contribution in [3.8, 4) is 0 Å². The van der Waals surface area contributed by atoms with Crippen LogP contribution in [0.2, 0.25) is 0 Å². The molecule has 0 aromatic carbocycles. The van der Waals surface area contributed by atoms with Crippen LogP contribution in [0.15, 0.2) is 18.7 Å². The van der Waals surface area contributed by atoms with E-state index in [0.29, 0.717) is 6.54 Å². The van der Waals surface area contributed by atoms with Gasteiger partial charge in [-0.2, -0.15) is 0 Å². The highest BCUT2D eigenvalue weighted by molar-refractivity contribution is 4.76. The van der Waals surface area contributed by atoms with Crippen LogP contribution in [0.3, 0.4) is 0 Å². The zero-order valence-electron chi connectivity index (χ0n) is 6.81. The third-order valence-corrected chi connectivity index (χ3v) is 1.40. The molecule has 1 aromatic rings. The van der Waals surface area contributed by atoms with Crippen molar-refractivity contribution in [2.24, 2.45) is 0 Å². The van der Waals surface area contributed by atoms with Crippen molar-refractivity contribution in [3.63, 3.8) is 0 Å². The molecule has 1 atom stereocenters. The number of aliphatic hydroxyl groups excluding tert-OH is 1. The van der Waals surface area contributed by atoms with E-state index >= 15 is 0 Å². The van der Waals surface area contributed by atoms with Gasteiger partial charge in [-0.15, -0.1) is 0 Å². The van der Waals surface area contributed by atoms with Crippen molar-refractivity contribution < 1.29 is 5.11 Å². The molecule has 0 radical (unpaired) electrons. The lowest BCUT2D eigenvalue weighted by Crippen LogP contribution is -2.23. The van der Waals surface area contributed by atoms with Crippen LogP contribution in [-0.4, -0.2) is 40.2 Å². The monoisotopic (exact) mass is 155 g/mol. The first-order valence-corrected chi connectivity index (χ1v) is 3.50. The summed E-state index contributed by atoms with van der Waals surface area (Å²) in [6.45, 7) is 0.607. The maximum absolute atomic E-state index is 9.46. The van der Waals surface area contributed by atoms with Crippen molar-refractivity contribution in [1.82, 2.24) is 14.5 Å². The molecular formula is C7H13N3O. The molecule has 0 aliphatic heterocycles. The van der Waals surface area contributed by atoms with E-state index in [2.05, 4.69) is 4.98 Å². The fourth-order valence-corrected chi connectivity index (χ4v) is 0.867. The van der Waals surface area contributed by atoms with E-state index in [9.17, 15) is 5.11 Å². The molecule has 1 aromatic heterocycles. The summed E-state index contributed by atoms with van der Waals surface area (Å²) < 4.78 is 1.67. The van der Waals surface area contributed by atoms with Crippen molar-refractivity contribution in [1.29, 1.82) is 0 Å². The highest BCUT2D eigenvalue weighted by Gasteiger charge is 2.05. The van der Waals surface area contributed by atoms with E-state index < -0.39 is 6.23 Å². The normalized spacial score (nSPS) is 13.8. The lowest BCUT2D eigenvalue weighted by atomic mass is 10.5. The number of rotatable bonds is 3. The Bertz CT molecular complexity index is 195. The lowest BCUT2D eigenvalue weighted by Gasteiger charge is -2.16. The zero-order chi connectivity index (χ0) is 8.27. The highest BCUT2D eigenvalue weighted by atomic mass is 16.3. The molecule has 62 valence electrons. The minimum atomic E-state index is -0.493. The molecular weight excluding hydrogens is 142 g/mol. The van der Waals surface area contributed by atoms with Gasteiger partial charge in [0.1, 0.15) is 6.23 Å².